The van der Waals surface area contributed by atoms with Gasteiger partial charge in [-0.15, -0.1) is 0 Å². The van der Waals surface area contributed by atoms with Crippen molar-refractivity contribution in [1.29, 1.82) is 0 Å². The van der Waals surface area contributed by atoms with Gasteiger partial charge in [-0.3, -0.25) is 4.79 Å². The first-order valence-corrected chi connectivity index (χ1v) is 10.2. The van der Waals surface area contributed by atoms with Gasteiger partial charge in [0, 0.05) is 22.5 Å². The number of rotatable bonds is 6. The highest BCUT2D eigenvalue weighted by Crippen LogP contribution is 2.35. The number of hydrogen-bond acceptors (Lipinski definition) is 3. The van der Waals surface area contributed by atoms with E-state index in [1.165, 1.54) is 25.7 Å². The summed E-state index contributed by atoms with van der Waals surface area (Å²) in [4.78, 5) is 13.2. The molecule has 0 aliphatic heterocycles. The van der Waals surface area contributed by atoms with Crippen molar-refractivity contribution in [3.8, 4) is 0 Å². The molecule has 0 amide bonds. The van der Waals surface area contributed by atoms with Gasteiger partial charge in [-0.25, -0.2) is 0 Å². The first kappa shape index (κ1) is 19.9. The number of benzene rings is 2. The molecule has 1 aliphatic carbocycles. The van der Waals surface area contributed by atoms with Gasteiger partial charge < -0.3 is 11.5 Å². The van der Waals surface area contributed by atoms with Gasteiger partial charge in [-0.1, -0.05) is 50.5 Å². The highest BCUT2D eigenvalue weighted by Gasteiger charge is 2.27. The number of hydrogen-bond donors (Lipinski definition) is 2. The van der Waals surface area contributed by atoms with E-state index in [9.17, 15) is 4.79 Å². The van der Waals surface area contributed by atoms with Gasteiger partial charge in [0.25, 0.3) is 0 Å². The predicted octanol–water partition coefficient (Wildman–Crippen LogP) is 5.88. The molecule has 4 N–H and O–H groups in total. The smallest absolute Gasteiger partial charge is 0.185 e. The van der Waals surface area contributed by atoms with Gasteiger partial charge in [-0.05, 0) is 72.7 Å². The zero-order valence-corrected chi connectivity index (χ0v) is 16.7. The van der Waals surface area contributed by atoms with Gasteiger partial charge in [0.1, 0.15) is 0 Å². The van der Waals surface area contributed by atoms with Crippen LogP contribution >= 0.6 is 0 Å². The van der Waals surface area contributed by atoms with Crippen LogP contribution in [0.25, 0.3) is 12.2 Å². The van der Waals surface area contributed by atoms with Crippen molar-refractivity contribution in [1.82, 2.24) is 0 Å². The van der Waals surface area contributed by atoms with E-state index in [-0.39, 0.29) is 5.78 Å². The number of allylic oxidation sites excluding steroid dienone is 2. The second-order valence-electron chi connectivity index (χ2n) is 7.77. The van der Waals surface area contributed by atoms with Crippen molar-refractivity contribution >= 4 is 29.3 Å². The summed E-state index contributed by atoms with van der Waals surface area (Å²) in [5.74, 6) is 0.685. The fourth-order valence-electron chi connectivity index (χ4n) is 3.81. The van der Waals surface area contributed by atoms with Crippen molar-refractivity contribution < 1.29 is 4.79 Å². The minimum atomic E-state index is 0.167. The van der Waals surface area contributed by atoms with E-state index in [1.54, 1.807) is 0 Å². The molecule has 1 saturated carbocycles. The lowest BCUT2D eigenvalue weighted by atomic mass is 9.77. The zero-order chi connectivity index (χ0) is 19.9. The van der Waals surface area contributed by atoms with Crippen molar-refractivity contribution in [3.05, 3.63) is 70.8 Å². The first-order chi connectivity index (χ1) is 13.5. The molecule has 0 radical (unpaired) electrons. The topological polar surface area (TPSA) is 69.1 Å². The molecule has 0 aromatic heterocycles. The number of carbonyl (C=O) groups excluding carboxylic acids is 1. The summed E-state index contributed by atoms with van der Waals surface area (Å²) in [5, 5.41) is 0. The number of unbranched alkanes of at least 4 members (excludes halogenated alkanes) is 2. The fraction of sp³-hybridized carbons (Fsp3) is 0.320. The molecule has 0 saturated heterocycles. The van der Waals surface area contributed by atoms with Gasteiger partial charge in [0.05, 0.1) is 0 Å². The van der Waals surface area contributed by atoms with E-state index in [0.717, 1.165) is 46.5 Å². The maximum atomic E-state index is 13.2. The molecule has 3 rings (SSSR count). The van der Waals surface area contributed by atoms with E-state index in [4.69, 9.17) is 11.5 Å². The largest absolute Gasteiger partial charge is 0.399 e. The van der Waals surface area contributed by atoms with Crippen LogP contribution < -0.4 is 11.5 Å². The molecule has 146 valence electrons. The Balaban J connectivity index is 1.88. The second kappa shape index (κ2) is 9.41. The maximum absolute atomic E-state index is 13.2. The van der Waals surface area contributed by atoms with Crippen LogP contribution in [0, 0.1) is 5.92 Å². The summed E-state index contributed by atoms with van der Waals surface area (Å²) in [6.07, 6.45) is 10.6. The van der Waals surface area contributed by atoms with Crippen LogP contribution in [0.3, 0.4) is 0 Å². The third kappa shape index (κ3) is 5.35. The van der Waals surface area contributed by atoms with Gasteiger partial charge in [-0.2, -0.15) is 0 Å². The van der Waals surface area contributed by atoms with E-state index >= 15 is 0 Å². The van der Waals surface area contributed by atoms with E-state index in [1.807, 2.05) is 60.7 Å². The lowest BCUT2D eigenvalue weighted by Crippen LogP contribution is -2.20. The molecular weight excluding hydrogens is 344 g/mol. The Morgan fingerprint density at radius 1 is 0.821 bits per heavy atom. The molecule has 0 spiro atoms. The highest BCUT2D eigenvalue weighted by atomic mass is 16.1. The van der Waals surface area contributed by atoms with Crippen LogP contribution in [0.4, 0.5) is 11.4 Å². The molecule has 28 heavy (non-hydrogen) atoms. The number of nitrogens with two attached hydrogens (primary N) is 2. The Morgan fingerprint density at radius 2 is 1.29 bits per heavy atom. The van der Waals surface area contributed by atoms with Gasteiger partial charge >= 0.3 is 0 Å². The Bertz CT molecular complexity index is 793. The number of ketones is 1. The molecule has 2 aromatic carbocycles. The number of Topliss-reactive ketones (excluding diaryl/α,β-unsaturated/α-hetero) is 1. The molecular formula is C25H30N2O. The van der Waals surface area contributed by atoms with Crippen molar-refractivity contribution in [3.63, 3.8) is 0 Å². The van der Waals surface area contributed by atoms with Crippen LogP contribution in [0.15, 0.2) is 59.7 Å². The molecule has 1 atom stereocenters. The second-order valence-corrected chi connectivity index (χ2v) is 7.77. The summed E-state index contributed by atoms with van der Waals surface area (Å²) in [7, 11) is 0. The Hall–Kier alpha value is -2.81. The van der Waals surface area contributed by atoms with Crippen molar-refractivity contribution in [2.75, 3.05) is 11.5 Å². The van der Waals surface area contributed by atoms with Crippen LogP contribution in [0.5, 0.6) is 0 Å². The molecule has 1 unspecified atom stereocenters. The number of carbonyl (C=O) groups is 1. The number of anilines is 2. The van der Waals surface area contributed by atoms with Crippen LogP contribution in [-0.2, 0) is 4.79 Å². The standard InChI is InChI=1S/C25H30N2O/c1-2-3-4-5-20-16-21(14-18-6-10-23(26)11-7-18)25(28)22(17-20)15-19-8-12-24(27)13-9-19/h6-15,20H,2-5,16-17,26-27H2,1H3/b21-14-,22-15+. The summed E-state index contributed by atoms with van der Waals surface area (Å²) in [6, 6.07) is 15.4. The highest BCUT2D eigenvalue weighted by molar-refractivity contribution is 6.14. The molecule has 3 nitrogen and oxygen atoms in total. The zero-order valence-electron chi connectivity index (χ0n) is 16.7. The molecule has 1 fully saturated rings. The van der Waals surface area contributed by atoms with E-state index in [0.29, 0.717) is 5.92 Å². The quantitative estimate of drug-likeness (QED) is 0.377. The number of nitrogen functional groups attached to an aromatic ring is 2. The Kier molecular flexibility index (Phi) is 6.70. The van der Waals surface area contributed by atoms with Crippen LogP contribution in [0.2, 0.25) is 0 Å². The third-order valence-electron chi connectivity index (χ3n) is 5.37. The fourth-order valence-corrected chi connectivity index (χ4v) is 3.81. The van der Waals surface area contributed by atoms with E-state index in [2.05, 4.69) is 6.92 Å². The Labute approximate surface area is 168 Å². The SMILES string of the molecule is CCCCCC1C/C(=C/c2ccc(N)cc2)C(=O)/C(=C/c2ccc(N)cc2)C1. The van der Waals surface area contributed by atoms with Crippen LogP contribution in [0.1, 0.15) is 56.6 Å². The summed E-state index contributed by atoms with van der Waals surface area (Å²) in [5.41, 5.74) is 16.9. The third-order valence-corrected chi connectivity index (χ3v) is 5.37. The van der Waals surface area contributed by atoms with Crippen molar-refractivity contribution in [2.24, 2.45) is 5.92 Å². The minimum absolute atomic E-state index is 0.167. The lowest BCUT2D eigenvalue weighted by molar-refractivity contribution is -0.113. The van der Waals surface area contributed by atoms with E-state index < -0.39 is 0 Å². The van der Waals surface area contributed by atoms with Crippen LogP contribution in [-0.4, -0.2) is 5.78 Å². The molecule has 2 aromatic rings. The maximum Gasteiger partial charge on any atom is 0.185 e. The molecule has 0 heterocycles. The normalized spacial score (nSPS) is 20.0. The predicted molar refractivity (Wildman–Crippen MR) is 120 cm³/mol. The minimum Gasteiger partial charge on any atom is -0.399 e. The molecule has 1 aliphatic rings. The lowest BCUT2D eigenvalue weighted by Gasteiger charge is -2.26. The first-order valence-electron chi connectivity index (χ1n) is 10.2. The monoisotopic (exact) mass is 374 g/mol. The van der Waals surface area contributed by atoms with Gasteiger partial charge in [0.15, 0.2) is 5.78 Å². The Morgan fingerprint density at radius 3 is 1.71 bits per heavy atom. The average molecular weight is 375 g/mol. The summed E-state index contributed by atoms with van der Waals surface area (Å²) in [6.45, 7) is 2.23. The molecule has 3 heteroatoms. The summed E-state index contributed by atoms with van der Waals surface area (Å²) < 4.78 is 0. The van der Waals surface area contributed by atoms with Gasteiger partial charge in [0.2, 0.25) is 0 Å². The summed E-state index contributed by atoms with van der Waals surface area (Å²) >= 11 is 0. The molecule has 0 bridgehead atoms. The van der Waals surface area contributed by atoms with Crippen molar-refractivity contribution in [2.45, 2.75) is 45.4 Å². The average Bonchev–Trinajstić information content (AvgIpc) is 2.69.